The normalized spacial score (nSPS) is 11.6. The molecule has 0 aliphatic rings. The lowest BCUT2D eigenvalue weighted by atomic mass is 10.0. The molecule has 1 heterocycles. The number of carboxylic acid groups (broad SMARTS) is 1. The standard InChI is InChI=1S/C26H22ClN3O4/c1-16(21-5-3-4-6-22(21)27)34-26(33)29-24-23(28-15-30(24)2)19-11-7-17(8-12-19)18-9-13-20(14-10-18)25(31)32/h3-16H,1-2H3,(H,29,33)(H,31,32). The maximum absolute atomic E-state index is 12.6. The number of imidazole rings is 1. The summed E-state index contributed by atoms with van der Waals surface area (Å²) in [6.07, 6.45) is 0.464. The van der Waals surface area contributed by atoms with Gasteiger partial charge in [0.1, 0.15) is 17.6 Å². The zero-order valence-electron chi connectivity index (χ0n) is 18.5. The number of rotatable bonds is 6. The van der Waals surface area contributed by atoms with Crippen LogP contribution >= 0.6 is 11.6 Å². The molecule has 0 saturated carbocycles. The number of benzene rings is 3. The molecule has 0 aliphatic heterocycles. The highest BCUT2D eigenvalue weighted by molar-refractivity contribution is 6.31. The summed E-state index contributed by atoms with van der Waals surface area (Å²) in [5.41, 5.74) is 4.18. The minimum Gasteiger partial charge on any atom is -0.478 e. The fourth-order valence-electron chi connectivity index (χ4n) is 3.57. The van der Waals surface area contributed by atoms with E-state index in [0.29, 0.717) is 16.5 Å². The van der Waals surface area contributed by atoms with Gasteiger partial charge in [-0.15, -0.1) is 0 Å². The summed E-state index contributed by atoms with van der Waals surface area (Å²) in [5, 5.41) is 12.4. The van der Waals surface area contributed by atoms with Gasteiger partial charge in [-0.3, -0.25) is 5.32 Å². The van der Waals surface area contributed by atoms with Crippen LogP contribution in [0.25, 0.3) is 22.4 Å². The van der Waals surface area contributed by atoms with Gasteiger partial charge in [-0.2, -0.15) is 0 Å². The molecule has 1 atom stereocenters. The van der Waals surface area contributed by atoms with E-state index in [-0.39, 0.29) is 5.56 Å². The molecule has 0 radical (unpaired) electrons. The summed E-state index contributed by atoms with van der Waals surface area (Å²) in [7, 11) is 1.78. The summed E-state index contributed by atoms with van der Waals surface area (Å²) >= 11 is 6.20. The number of nitrogens with one attached hydrogen (secondary N) is 1. The molecule has 1 unspecified atom stereocenters. The van der Waals surface area contributed by atoms with Gasteiger partial charge in [0.25, 0.3) is 0 Å². The van der Waals surface area contributed by atoms with Gasteiger partial charge in [-0.05, 0) is 36.2 Å². The van der Waals surface area contributed by atoms with E-state index in [1.807, 2.05) is 42.5 Å². The van der Waals surface area contributed by atoms with E-state index in [2.05, 4.69) is 10.3 Å². The van der Waals surface area contributed by atoms with Crippen molar-refractivity contribution in [2.45, 2.75) is 13.0 Å². The first-order valence-corrected chi connectivity index (χ1v) is 10.9. The molecule has 1 amide bonds. The fraction of sp³-hybridized carbons (Fsp3) is 0.115. The van der Waals surface area contributed by atoms with E-state index in [0.717, 1.165) is 22.3 Å². The highest BCUT2D eigenvalue weighted by atomic mass is 35.5. The minimum absolute atomic E-state index is 0.236. The number of anilines is 1. The molecule has 34 heavy (non-hydrogen) atoms. The largest absolute Gasteiger partial charge is 0.478 e. The first kappa shape index (κ1) is 23.1. The van der Waals surface area contributed by atoms with E-state index in [4.69, 9.17) is 21.4 Å². The van der Waals surface area contributed by atoms with E-state index in [1.54, 1.807) is 55.2 Å². The molecule has 1 aromatic heterocycles. The van der Waals surface area contributed by atoms with Gasteiger partial charge in [0.2, 0.25) is 0 Å². The number of carbonyl (C=O) groups is 2. The number of amides is 1. The number of aromatic nitrogens is 2. The molecule has 4 rings (SSSR count). The third-order valence-electron chi connectivity index (χ3n) is 5.41. The van der Waals surface area contributed by atoms with Crippen molar-refractivity contribution in [3.05, 3.63) is 95.3 Å². The predicted molar refractivity (Wildman–Crippen MR) is 131 cm³/mol. The van der Waals surface area contributed by atoms with Crippen molar-refractivity contribution in [2.75, 3.05) is 5.32 Å². The van der Waals surface area contributed by atoms with Crippen LogP contribution in [-0.4, -0.2) is 26.7 Å². The van der Waals surface area contributed by atoms with Crippen molar-refractivity contribution in [3.8, 4) is 22.4 Å². The van der Waals surface area contributed by atoms with Crippen molar-refractivity contribution in [1.29, 1.82) is 0 Å². The molecule has 7 nitrogen and oxygen atoms in total. The second-order valence-corrected chi connectivity index (χ2v) is 8.11. The van der Waals surface area contributed by atoms with Crippen molar-refractivity contribution >= 4 is 29.5 Å². The van der Waals surface area contributed by atoms with Gasteiger partial charge in [0.15, 0.2) is 0 Å². The lowest BCUT2D eigenvalue weighted by molar-refractivity contribution is 0.0696. The van der Waals surface area contributed by atoms with Gasteiger partial charge in [-0.25, -0.2) is 14.6 Å². The van der Waals surface area contributed by atoms with E-state index < -0.39 is 18.2 Å². The predicted octanol–water partition coefficient (Wildman–Crippen LogP) is 6.42. The molecule has 0 aliphatic carbocycles. The lowest BCUT2D eigenvalue weighted by Crippen LogP contribution is -2.18. The topological polar surface area (TPSA) is 93.4 Å². The van der Waals surface area contributed by atoms with Gasteiger partial charge in [-0.1, -0.05) is 66.2 Å². The quantitative estimate of drug-likeness (QED) is 0.336. The van der Waals surface area contributed by atoms with Crippen LogP contribution in [0.4, 0.5) is 10.6 Å². The number of carboxylic acids is 1. The average Bonchev–Trinajstić information content (AvgIpc) is 3.19. The Balaban J connectivity index is 1.50. The summed E-state index contributed by atoms with van der Waals surface area (Å²) in [6, 6.07) is 21.5. The molecule has 3 aromatic carbocycles. The van der Waals surface area contributed by atoms with Crippen LogP contribution in [-0.2, 0) is 11.8 Å². The van der Waals surface area contributed by atoms with Crippen molar-refractivity contribution in [2.24, 2.45) is 7.05 Å². The fourth-order valence-corrected chi connectivity index (χ4v) is 3.86. The average molecular weight is 476 g/mol. The minimum atomic E-state index is -0.961. The Morgan fingerprint density at radius 3 is 2.18 bits per heavy atom. The molecular weight excluding hydrogens is 454 g/mol. The molecule has 0 fully saturated rings. The van der Waals surface area contributed by atoms with Gasteiger partial charge in [0.05, 0.1) is 11.9 Å². The summed E-state index contributed by atoms with van der Waals surface area (Å²) in [4.78, 5) is 28.1. The summed E-state index contributed by atoms with van der Waals surface area (Å²) < 4.78 is 7.23. The Hall–Kier alpha value is -4.10. The molecule has 8 heteroatoms. The van der Waals surface area contributed by atoms with Gasteiger partial charge >= 0.3 is 12.1 Å². The SMILES string of the molecule is CC(OC(=O)Nc1c(-c2ccc(-c3ccc(C(=O)O)cc3)cc2)ncn1C)c1ccccc1Cl. The van der Waals surface area contributed by atoms with Crippen LogP contribution in [0.5, 0.6) is 0 Å². The Kier molecular flexibility index (Phi) is 6.65. The van der Waals surface area contributed by atoms with E-state index in [9.17, 15) is 9.59 Å². The van der Waals surface area contributed by atoms with Crippen LogP contribution in [0.2, 0.25) is 5.02 Å². The second-order valence-electron chi connectivity index (χ2n) is 7.71. The number of nitrogens with zero attached hydrogens (tertiary/aromatic N) is 2. The maximum atomic E-state index is 12.6. The molecule has 172 valence electrons. The first-order chi connectivity index (χ1) is 16.3. The number of aryl methyl sites for hydroxylation is 1. The highest BCUT2D eigenvalue weighted by Gasteiger charge is 2.18. The summed E-state index contributed by atoms with van der Waals surface area (Å²) in [6.45, 7) is 1.76. The second kappa shape index (κ2) is 9.80. The number of ether oxygens (including phenoxy) is 1. The number of hydrogen-bond acceptors (Lipinski definition) is 4. The molecule has 4 aromatic rings. The number of hydrogen-bond donors (Lipinski definition) is 2. The Morgan fingerprint density at radius 2 is 1.56 bits per heavy atom. The van der Waals surface area contributed by atoms with Gasteiger partial charge < -0.3 is 14.4 Å². The molecule has 0 saturated heterocycles. The van der Waals surface area contributed by atoms with Crippen LogP contribution < -0.4 is 5.32 Å². The molecule has 0 spiro atoms. The molecular formula is C26H22ClN3O4. The van der Waals surface area contributed by atoms with Crippen molar-refractivity contribution in [3.63, 3.8) is 0 Å². The smallest absolute Gasteiger partial charge is 0.413 e. The van der Waals surface area contributed by atoms with Crippen LogP contribution in [0.1, 0.15) is 28.9 Å². The van der Waals surface area contributed by atoms with Crippen LogP contribution in [0.3, 0.4) is 0 Å². The molecule has 2 N–H and O–H groups in total. The third-order valence-corrected chi connectivity index (χ3v) is 5.75. The maximum Gasteiger partial charge on any atom is 0.413 e. The van der Waals surface area contributed by atoms with E-state index in [1.165, 1.54) is 0 Å². The summed E-state index contributed by atoms with van der Waals surface area (Å²) in [5.74, 6) is -0.466. The Bertz CT molecular complexity index is 1330. The van der Waals surface area contributed by atoms with Crippen molar-refractivity contribution < 1.29 is 19.4 Å². The number of carbonyl (C=O) groups excluding carboxylic acids is 1. The third kappa shape index (κ3) is 4.94. The zero-order valence-corrected chi connectivity index (χ0v) is 19.3. The number of halogens is 1. The van der Waals surface area contributed by atoms with Crippen LogP contribution in [0, 0.1) is 0 Å². The Morgan fingerprint density at radius 1 is 0.971 bits per heavy atom. The zero-order chi connectivity index (χ0) is 24.2. The first-order valence-electron chi connectivity index (χ1n) is 10.5. The Labute approximate surface area is 201 Å². The lowest BCUT2D eigenvalue weighted by Gasteiger charge is -2.16. The molecule has 0 bridgehead atoms. The van der Waals surface area contributed by atoms with Crippen LogP contribution in [0.15, 0.2) is 79.1 Å². The van der Waals surface area contributed by atoms with Crippen molar-refractivity contribution in [1.82, 2.24) is 9.55 Å². The monoisotopic (exact) mass is 475 g/mol. The van der Waals surface area contributed by atoms with Gasteiger partial charge in [0, 0.05) is 23.2 Å². The number of aromatic carboxylic acids is 1. The van der Waals surface area contributed by atoms with E-state index >= 15 is 0 Å². The highest BCUT2D eigenvalue weighted by Crippen LogP contribution is 2.30.